The van der Waals surface area contributed by atoms with E-state index in [4.69, 9.17) is 4.74 Å². The molecule has 1 N–H and O–H groups in total. The van der Waals surface area contributed by atoms with Crippen LogP contribution in [0.4, 0.5) is 0 Å². The molecule has 0 radical (unpaired) electrons. The van der Waals surface area contributed by atoms with Gasteiger partial charge in [0.15, 0.2) is 0 Å². The van der Waals surface area contributed by atoms with Crippen LogP contribution in [0.25, 0.3) is 4.96 Å². The molecule has 3 aromatic rings. The van der Waals surface area contributed by atoms with Crippen LogP contribution in [0.5, 0.6) is 11.6 Å². The maximum absolute atomic E-state index is 10.9. The number of benzene rings is 1. The molecule has 1 aromatic carbocycles. The van der Waals surface area contributed by atoms with Crippen LogP contribution >= 0.6 is 11.3 Å². The molecule has 2 aromatic heterocycles. The van der Waals surface area contributed by atoms with Gasteiger partial charge in [-0.2, -0.15) is 4.52 Å². The van der Waals surface area contributed by atoms with Crippen molar-refractivity contribution in [1.29, 1.82) is 0 Å². The van der Waals surface area contributed by atoms with E-state index in [2.05, 4.69) is 28.0 Å². The third-order valence-corrected chi connectivity index (χ3v) is 6.32. The van der Waals surface area contributed by atoms with Gasteiger partial charge >= 0.3 is 0 Å². The SMILES string of the molecule is CCOc1ccccc1C(c1sc2nc(C)nn2c1O)N1CCC(C)CC1. The van der Waals surface area contributed by atoms with E-state index >= 15 is 0 Å². The number of hydrogen-bond acceptors (Lipinski definition) is 6. The Balaban J connectivity index is 1.83. The summed E-state index contributed by atoms with van der Waals surface area (Å²) in [5.41, 5.74) is 1.09. The first-order valence-corrected chi connectivity index (χ1v) is 10.4. The number of hydrogen-bond donors (Lipinski definition) is 1. The minimum absolute atomic E-state index is 0.0611. The van der Waals surface area contributed by atoms with E-state index in [-0.39, 0.29) is 11.9 Å². The number of piperidine rings is 1. The number of likely N-dealkylation sites (tertiary alicyclic amines) is 1. The van der Waals surface area contributed by atoms with Crippen LogP contribution in [0.1, 0.15) is 49.0 Å². The standard InChI is InChI=1S/C20H26N4O2S/c1-4-26-16-8-6-5-7-15(16)17(23-11-9-13(2)10-12-23)18-19(25)24-20(27-18)21-14(3)22-24/h5-8,13,17,25H,4,9-12H2,1-3H3. The molecule has 1 saturated heterocycles. The molecule has 144 valence electrons. The Kier molecular flexibility index (Phi) is 5.06. The first-order valence-electron chi connectivity index (χ1n) is 9.59. The molecular formula is C20H26N4O2S. The smallest absolute Gasteiger partial charge is 0.230 e. The van der Waals surface area contributed by atoms with Crippen molar-refractivity contribution in [2.24, 2.45) is 5.92 Å². The minimum Gasteiger partial charge on any atom is -0.494 e. The molecule has 6 nitrogen and oxygen atoms in total. The number of nitrogens with zero attached hydrogens (tertiary/aromatic N) is 4. The van der Waals surface area contributed by atoms with Gasteiger partial charge in [0.1, 0.15) is 11.6 Å². The second kappa shape index (κ2) is 7.48. The highest BCUT2D eigenvalue weighted by Gasteiger charge is 2.33. The number of aromatic nitrogens is 3. The number of rotatable bonds is 5. The van der Waals surface area contributed by atoms with E-state index < -0.39 is 0 Å². The Morgan fingerprint density at radius 2 is 2.04 bits per heavy atom. The zero-order chi connectivity index (χ0) is 19.0. The average molecular weight is 387 g/mol. The first-order chi connectivity index (χ1) is 13.1. The molecule has 0 amide bonds. The Morgan fingerprint density at radius 1 is 1.30 bits per heavy atom. The molecule has 0 bridgehead atoms. The predicted molar refractivity (Wildman–Crippen MR) is 107 cm³/mol. The van der Waals surface area contributed by atoms with Crippen LogP contribution in [-0.2, 0) is 0 Å². The third-order valence-electron chi connectivity index (χ3n) is 5.25. The third kappa shape index (κ3) is 3.41. The largest absolute Gasteiger partial charge is 0.494 e. The fourth-order valence-electron chi connectivity index (χ4n) is 3.81. The number of thiazole rings is 1. The summed E-state index contributed by atoms with van der Waals surface area (Å²) in [7, 11) is 0. The highest BCUT2D eigenvalue weighted by atomic mass is 32.1. The fraction of sp³-hybridized carbons (Fsp3) is 0.500. The van der Waals surface area contributed by atoms with Gasteiger partial charge in [0, 0.05) is 5.56 Å². The summed E-state index contributed by atoms with van der Waals surface area (Å²) in [4.78, 5) is 8.51. The summed E-state index contributed by atoms with van der Waals surface area (Å²) in [6.07, 6.45) is 2.32. The van der Waals surface area contributed by atoms with E-state index in [9.17, 15) is 5.11 Å². The van der Waals surface area contributed by atoms with Crippen LogP contribution in [0.2, 0.25) is 0 Å². The second-order valence-electron chi connectivity index (χ2n) is 7.24. The molecule has 1 atom stereocenters. The molecule has 1 fully saturated rings. The van der Waals surface area contributed by atoms with Crippen molar-refractivity contribution in [3.63, 3.8) is 0 Å². The lowest BCUT2D eigenvalue weighted by molar-refractivity contribution is 0.155. The van der Waals surface area contributed by atoms with E-state index in [0.29, 0.717) is 12.4 Å². The number of para-hydroxylation sites is 1. The number of ether oxygens (including phenoxy) is 1. The van der Waals surface area contributed by atoms with Gasteiger partial charge in [-0.05, 0) is 51.8 Å². The molecular weight excluding hydrogens is 360 g/mol. The maximum Gasteiger partial charge on any atom is 0.230 e. The summed E-state index contributed by atoms with van der Waals surface area (Å²) < 4.78 is 7.48. The lowest BCUT2D eigenvalue weighted by Crippen LogP contribution is -2.36. The summed E-state index contributed by atoms with van der Waals surface area (Å²) in [5.74, 6) is 2.47. The Hall–Kier alpha value is -2.12. The van der Waals surface area contributed by atoms with Crippen LogP contribution in [0, 0.1) is 12.8 Å². The molecule has 1 unspecified atom stereocenters. The summed E-state index contributed by atoms with van der Waals surface area (Å²) in [6.45, 7) is 8.76. The van der Waals surface area contributed by atoms with Crippen LogP contribution < -0.4 is 4.74 Å². The molecule has 1 aliphatic rings. The zero-order valence-electron chi connectivity index (χ0n) is 16.1. The van der Waals surface area contributed by atoms with Gasteiger partial charge in [-0.3, -0.25) is 4.90 Å². The van der Waals surface area contributed by atoms with Crippen molar-refractivity contribution in [3.05, 3.63) is 40.5 Å². The Bertz CT molecular complexity index is 927. The predicted octanol–water partition coefficient (Wildman–Crippen LogP) is 4.02. The summed E-state index contributed by atoms with van der Waals surface area (Å²) >= 11 is 1.51. The van der Waals surface area contributed by atoms with Gasteiger partial charge in [0.2, 0.25) is 10.8 Å². The van der Waals surface area contributed by atoms with Crippen LogP contribution in [0.15, 0.2) is 24.3 Å². The molecule has 4 rings (SSSR count). The van der Waals surface area contributed by atoms with Crippen molar-refractivity contribution < 1.29 is 9.84 Å². The van der Waals surface area contributed by atoms with Crippen molar-refractivity contribution in [2.75, 3.05) is 19.7 Å². The summed E-state index contributed by atoms with van der Waals surface area (Å²) in [5, 5.41) is 15.3. The minimum atomic E-state index is -0.0611. The van der Waals surface area contributed by atoms with E-state index in [1.54, 1.807) is 4.52 Å². The first kappa shape index (κ1) is 18.3. The van der Waals surface area contributed by atoms with Gasteiger partial charge in [0.05, 0.1) is 17.5 Å². The van der Waals surface area contributed by atoms with E-state index in [0.717, 1.165) is 53.0 Å². The van der Waals surface area contributed by atoms with Gasteiger partial charge in [-0.1, -0.05) is 36.5 Å². The lowest BCUT2D eigenvalue weighted by Gasteiger charge is -2.37. The monoisotopic (exact) mass is 386 g/mol. The normalized spacial score (nSPS) is 17.4. The van der Waals surface area contributed by atoms with Gasteiger partial charge < -0.3 is 9.84 Å². The molecule has 0 spiro atoms. The van der Waals surface area contributed by atoms with Gasteiger partial charge in [-0.15, -0.1) is 5.10 Å². The van der Waals surface area contributed by atoms with E-state index in [1.165, 1.54) is 11.3 Å². The Labute approximate surface area is 163 Å². The van der Waals surface area contributed by atoms with Crippen LogP contribution in [-0.4, -0.2) is 44.3 Å². The van der Waals surface area contributed by atoms with Gasteiger partial charge in [-0.25, -0.2) is 4.98 Å². The average Bonchev–Trinajstić information content (AvgIpc) is 3.16. The zero-order valence-corrected chi connectivity index (χ0v) is 16.9. The number of aromatic hydroxyl groups is 1. The molecule has 27 heavy (non-hydrogen) atoms. The molecule has 0 aliphatic carbocycles. The maximum atomic E-state index is 10.9. The lowest BCUT2D eigenvalue weighted by atomic mass is 9.95. The van der Waals surface area contributed by atoms with Gasteiger partial charge in [0.25, 0.3) is 0 Å². The quantitative estimate of drug-likeness (QED) is 0.717. The second-order valence-corrected chi connectivity index (χ2v) is 8.24. The van der Waals surface area contributed by atoms with Crippen molar-refractivity contribution in [1.82, 2.24) is 19.5 Å². The molecule has 3 heterocycles. The Morgan fingerprint density at radius 3 is 2.74 bits per heavy atom. The van der Waals surface area contributed by atoms with Crippen molar-refractivity contribution in [3.8, 4) is 11.6 Å². The highest BCUT2D eigenvalue weighted by molar-refractivity contribution is 7.17. The molecule has 1 aliphatic heterocycles. The van der Waals surface area contributed by atoms with E-state index in [1.807, 2.05) is 32.0 Å². The molecule has 0 saturated carbocycles. The number of aryl methyl sites for hydroxylation is 1. The summed E-state index contributed by atoms with van der Waals surface area (Å²) in [6, 6.07) is 8.09. The number of fused-ring (bicyclic) bond motifs is 1. The van der Waals surface area contributed by atoms with Crippen molar-refractivity contribution >= 4 is 16.3 Å². The topological polar surface area (TPSA) is 62.9 Å². The molecule has 7 heteroatoms. The van der Waals surface area contributed by atoms with Crippen LogP contribution in [0.3, 0.4) is 0 Å². The highest BCUT2D eigenvalue weighted by Crippen LogP contribution is 2.43. The van der Waals surface area contributed by atoms with Crippen molar-refractivity contribution in [2.45, 2.75) is 39.7 Å². The fourth-order valence-corrected chi connectivity index (χ4v) is 4.96.